The Morgan fingerprint density at radius 1 is 1.46 bits per heavy atom. The average molecular weight is 204 g/mol. The zero-order valence-corrected chi connectivity index (χ0v) is 9.49. The highest BCUT2D eigenvalue weighted by Gasteiger charge is 2.07. The summed E-state index contributed by atoms with van der Waals surface area (Å²) in [5.41, 5.74) is 2.14. The Balaban J connectivity index is 3.40. The van der Waals surface area contributed by atoms with Gasteiger partial charge in [-0.3, -0.25) is 10.2 Å². The molecule has 78 valence electrons. The number of hydrogen-bond acceptors (Lipinski definition) is 3. The Hall–Kier alpha value is -0.220. The van der Waals surface area contributed by atoms with Crippen LogP contribution >= 0.6 is 11.8 Å². The molecule has 0 aliphatic rings. The van der Waals surface area contributed by atoms with Gasteiger partial charge < -0.3 is 0 Å². The SMILES string of the molecule is CC(C)CCSC(C)CC(=O)NN. The maximum Gasteiger partial charge on any atom is 0.234 e. The number of carbonyl (C=O) groups excluding carboxylic acids is 1. The Morgan fingerprint density at radius 2 is 2.08 bits per heavy atom. The van der Waals surface area contributed by atoms with Crippen LogP contribution in [0.5, 0.6) is 0 Å². The summed E-state index contributed by atoms with van der Waals surface area (Å²) in [4.78, 5) is 10.9. The molecular formula is C9H20N2OS. The molecule has 0 rings (SSSR count). The molecule has 0 aromatic carbocycles. The smallest absolute Gasteiger partial charge is 0.234 e. The van der Waals surface area contributed by atoms with Crippen LogP contribution in [0, 0.1) is 5.92 Å². The molecule has 0 bridgehead atoms. The minimum atomic E-state index is -0.0791. The van der Waals surface area contributed by atoms with E-state index in [2.05, 4.69) is 26.2 Å². The first-order valence-electron chi connectivity index (χ1n) is 4.67. The number of hydrazine groups is 1. The summed E-state index contributed by atoms with van der Waals surface area (Å²) in [6.45, 7) is 6.47. The van der Waals surface area contributed by atoms with Gasteiger partial charge in [-0.15, -0.1) is 0 Å². The van der Waals surface area contributed by atoms with E-state index in [1.807, 2.05) is 11.8 Å². The predicted octanol–water partition coefficient (Wildman–Crippen LogP) is 1.53. The topological polar surface area (TPSA) is 55.1 Å². The minimum absolute atomic E-state index is 0.0791. The van der Waals surface area contributed by atoms with Gasteiger partial charge in [-0.2, -0.15) is 11.8 Å². The van der Waals surface area contributed by atoms with Crippen molar-refractivity contribution in [1.29, 1.82) is 0 Å². The summed E-state index contributed by atoms with van der Waals surface area (Å²) in [5, 5.41) is 0.363. The molecule has 0 saturated carbocycles. The Kier molecular flexibility index (Phi) is 7.09. The van der Waals surface area contributed by atoms with Gasteiger partial charge >= 0.3 is 0 Å². The monoisotopic (exact) mass is 204 g/mol. The maximum atomic E-state index is 10.9. The summed E-state index contributed by atoms with van der Waals surface area (Å²) in [7, 11) is 0. The lowest BCUT2D eigenvalue weighted by Gasteiger charge is -2.10. The van der Waals surface area contributed by atoms with Gasteiger partial charge in [0.2, 0.25) is 5.91 Å². The zero-order valence-electron chi connectivity index (χ0n) is 8.67. The lowest BCUT2D eigenvalue weighted by Crippen LogP contribution is -2.31. The fraction of sp³-hybridized carbons (Fsp3) is 0.889. The molecule has 0 aliphatic heterocycles. The lowest BCUT2D eigenvalue weighted by atomic mass is 10.2. The molecule has 0 aliphatic carbocycles. The lowest BCUT2D eigenvalue weighted by molar-refractivity contribution is -0.121. The van der Waals surface area contributed by atoms with Gasteiger partial charge in [-0.05, 0) is 18.1 Å². The number of rotatable bonds is 6. The van der Waals surface area contributed by atoms with Crippen LogP contribution < -0.4 is 11.3 Å². The third kappa shape index (κ3) is 8.12. The molecule has 1 unspecified atom stereocenters. The molecule has 0 aromatic rings. The van der Waals surface area contributed by atoms with E-state index in [-0.39, 0.29) is 5.91 Å². The first kappa shape index (κ1) is 12.8. The van der Waals surface area contributed by atoms with Crippen molar-refractivity contribution in [1.82, 2.24) is 5.43 Å². The van der Waals surface area contributed by atoms with E-state index in [1.54, 1.807) is 0 Å². The number of nitrogens with two attached hydrogens (primary N) is 1. The van der Waals surface area contributed by atoms with E-state index in [0.717, 1.165) is 11.7 Å². The van der Waals surface area contributed by atoms with Crippen LogP contribution in [0.4, 0.5) is 0 Å². The summed E-state index contributed by atoms with van der Waals surface area (Å²) >= 11 is 1.83. The molecule has 1 amide bonds. The van der Waals surface area contributed by atoms with Crippen LogP contribution in [-0.4, -0.2) is 16.9 Å². The molecular weight excluding hydrogens is 184 g/mol. The fourth-order valence-corrected chi connectivity index (χ4v) is 2.16. The summed E-state index contributed by atoms with van der Waals surface area (Å²) in [6, 6.07) is 0. The van der Waals surface area contributed by atoms with Gasteiger partial charge in [0.05, 0.1) is 0 Å². The number of amides is 1. The van der Waals surface area contributed by atoms with Crippen molar-refractivity contribution < 1.29 is 4.79 Å². The summed E-state index contributed by atoms with van der Waals surface area (Å²) in [6.07, 6.45) is 1.72. The van der Waals surface area contributed by atoms with Crippen LogP contribution in [0.25, 0.3) is 0 Å². The number of carbonyl (C=O) groups is 1. The van der Waals surface area contributed by atoms with E-state index < -0.39 is 0 Å². The molecule has 0 aromatic heterocycles. The van der Waals surface area contributed by atoms with Gasteiger partial charge in [0.15, 0.2) is 0 Å². The molecule has 3 nitrogen and oxygen atoms in total. The largest absolute Gasteiger partial charge is 0.294 e. The molecule has 0 radical (unpaired) electrons. The van der Waals surface area contributed by atoms with Gasteiger partial charge in [-0.25, -0.2) is 5.84 Å². The fourth-order valence-electron chi connectivity index (χ4n) is 0.884. The highest BCUT2D eigenvalue weighted by molar-refractivity contribution is 7.99. The van der Waals surface area contributed by atoms with Gasteiger partial charge in [0, 0.05) is 11.7 Å². The minimum Gasteiger partial charge on any atom is -0.294 e. The standard InChI is InChI=1S/C9H20N2OS/c1-7(2)4-5-13-8(3)6-9(12)11-10/h7-8H,4-6,10H2,1-3H3,(H,11,12). The van der Waals surface area contributed by atoms with Crippen molar-refractivity contribution >= 4 is 17.7 Å². The van der Waals surface area contributed by atoms with E-state index in [4.69, 9.17) is 5.84 Å². The van der Waals surface area contributed by atoms with E-state index in [9.17, 15) is 4.79 Å². The zero-order chi connectivity index (χ0) is 10.3. The van der Waals surface area contributed by atoms with Crippen LogP contribution in [0.1, 0.15) is 33.6 Å². The molecule has 0 spiro atoms. The molecule has 3 N–H and O–H groups in total. The van der Waals surface area contributed by atoms with Crippen molar-refractivity contribution in [2.45, 2.75) is 38.9 Å². The molecule has 0 saturated heterocycles. The molecule has 0 fully saturated rings. The number of thioether (sulfide) groups is 1. The predicted molar refractivity (Wildman–Crippen MR) is 58.3 cm³/mol. The quantitative estimate of drug-likeness (QED) is 0.392. The average Bonchev–Trinajstić information content (AvgIpc) is 2.03. The Morgan fingerprint density at radius 3 is 2.54 bits per heavy atom. The van der Waals surface area contributed by atoms with E-state index in [0.29, 0.717) is 11.7 Å². The van der Waals surface area contributed by atoms with Gasteiger partial charge in [-0.1, -0.05) is 20.8 Å². The van der Waals surface area contributed by atoms with Crippen molar-refractivity contribution in [2.75, 3.05) is 5.75 Å². The van der Waals surface area contributed by atoms with Crippen molar-refractivity contribution in [2.24, 2.45) is 11.8 Å². The van der Waals surface area contributed by atoms with Crippen LogP contribution in [0.15, 0.2) is 0 Å². The normalized spacial score (nSPS) is 13.0. The maximum absolute atomic E-state index is 10.9. The Bertz CT molecular complexity index is 151. The van der Waals surface area contributed by atoms with Crippen LogP contribution in [-0.2, 0) is 4.79 Å². The van der Waals surface area contributed by atoms with Gasteiger partial charge in [0.1, 0.15) is 0 Å². The number of hydrogen-bond donors (Lipinski definition) is 2. The second-order valence-corrected chi connectivity index (χ2v) is 5.18. The van der Waals surface area contributed by atoms with Crippen molar-refractivity contribution in [3.63, 3.8) is 0 Å². The van der Waals surface area contributed by atoms with Crippen molar-refractivity contribution in [3.8, 4) is 0 Å². The molecule has 1 atom stereocenters. The molecule has 4 heteroatoms. The second-order valence-electron chi connectivity index (χ2n) is 3.64. The first-order chi connectivity index (χ1) is 6.06. The number of nitrogens with one attached hydrogen (secondary N) is 1. The van der Waals surface area contributed by atoms with Gasteiger partial charge in [0.25, 0.3) is 0 Å². The third-order valence-corrected chi connectivity index (χ3v) is 2.94. The van der Waals surface area contributed by atoms with E-state index >= 15 is 0 Å². The first-order valence-corrected chi connectivity index (χ1v) is 5.72. The van der Waals surface area contributed by atoms with Crippen LogP contribution in [0.2, 0.25) is 0 Å². The summed E-state index contributed by atoms with van der Waals surface area (Å²) in [5.74, 6) is 6.77. The molecule has 0 heterocycles. The third-order valence-electron chi connectivity index (χ3n) is 1.73. The van der Waals surface area contributed by atoms with Crippen molar-refractivity contribution in [3.05, 3.63) is 0 Å². The molecule has 13 heavy (non-hydrogen) atoms. The summed E-state index contributed by atoms with van der Waals surface area (Å²) < 4.78 is 0. The highest BCUT2D eigenvalue weighted by atomic mass is 32.2. The highest BCUT2D eigenvalue weighted by Crippen LogP contribution is 2.16. The van der Waals surface area contributed by atoms with Crippen LogP contribution in [0.3, 0.4) is 0 Å². The van der Waals surface area contributed by atoms with E-state index in [1.165, 1.54) is 6.42 Å². The Labute approximate surface area is 84.8 Å². The second kappa shape index (κ2) is 7.21.